The molecule has 108 valence electrons. The number of para-hydroxylation sites is 1. The van der Waals surface area contributed by atoms with Gasteiger partial charge in [-0.15, -0.1) is 0 Å². The Morgan fingerprint density at radius 2 is 1.81 bits per heavy atom. The van der Waals surface area contributed by atoms with Crippen molar-refractivity contribution in [1.29, 1.82) is 0 Å². The van der Waals surface area contributed by atoms with Gasteiger partial charge in [0.15, 0.2) is 5.58 Å². The number of furan rings is 1. The summed E-state index contributed by atoms with van der Waals surface area (Å²) < 4.78 is 19.3. The van der Waals surface area contributed by atoms with Crippen LogP contribution in [0.1, 0.15) is 17.4 Å². The molecule has 0 aliphatic rings. The van der Waals surface area contributed by atoms with Crippen molar-refractivity contribution >= 4 is 34.2 Å². The third-order valence-corrected chi connectivity index (χ3v) is 3.95. The molecule has 0 bridgehead atoms. The van der Waals surface area contributed by atoms with Crippen molar-refractivity contribution in [2.45, 2.75) is 12.5 Å². The summed E-state index contributed by atoms with van der Waals surface area (Å²) in [5, 5.41) is 11.8. The molecule has 3 aromatic rings. The third-order valence-electron chi connectivity index (χ3n) is 3.30. The van der Waals surface area contributed by atoms with Crippen LogP contribution in [0.5, 0.6) is 0 Å². The van der Waals surface area contributed by atoms with Crippen molar-refractivity contribution in [2.24, 2.45) is 0 Å². The predicted molar refractivity (Wildman–Crippen MR) is 81.3 cm³/mol. The quantitative estimate of drug-likeness (QED) is 0.722. The number of rotatable bonds is 3. The van der Waals surface area contributed by atoms with Crippen LogP contribution in [0.15, 0.2) is 46.9 Å². The van der Waals surface area contributed by atoms with Crippen LogP contribution in [0.2, 0.25) is 10.0 Å². The van der Waals surface area contributed by atoms with Crippen molar-refractivity contribution in [1.82, 2.24) is 0 Å². The van der Waals surface area contributed by atoms with E-state index in [0.29, 0.717) is 16.4 Å². The van der Waals surface area contributed by atoms with Crippen LogP contribution in [0.25, 0.3) is 11.0 Å². The fourth-order valence-corrected chi connectivity index (χ4v) is 2.69. The van der Waals surface area contributed by atoms with Crippen molar-refractivity contribution in [3.05, 3.63) is 69.7 Å². The summed E-state index contributed by atoms with van der Waals surface area (Å²) in [7, 11) is 0. The van der Waals surface area contributed by atoms with Gasteiger partial charge < -0.3 is 9.52 Å². The molecule has 3 rings (SSSR count). The second-order valence-electron chi connectivity index (χ2n) is 4.73. The molecule has 1 N–H and O–H groups in total. The Bertz CT molecular complexity index is 778. The Labute approximate surface area is 130 Å². The summed E-state index contributed by atoms with van der Waals surface area (Å²) in [6.45, 7) is 0. The zero-order chi connectivity index (χ0) is 15.0. The lowest BCUT2D eigenvalue weighted by atomic mass is 10.1. The highest BCUT2D eigenvalue weighted by Gasteiger charge is 2.18. The molecular formula is C16H11Cl2FO2. The molecule has 0 saturated carbocycles. The average Bonchev–Trinajstić information content (AvgIpc) is 2.88. The first-order valence-electron chi connectivity index (χ1n) is 6.35. The van der Waals surface area contributed by atoms with E-state index in [2.05, 4.69) is 0 Å². The number of hydrogen-bond acceptors (Lipinski definition) is 2. The zero-order valence-corrected chi connectivity index (χ0v) is 12.3. The molecule has 2 nitrogen and oxygen atoms in total. The minimum Gasteiger partial charge on any atom is -0.457 e. The van der Waals surface area contributed by atoms with Crippen LogP contribution >= 0.6 is 23.2 Å². The monoisotopic (exact) mass is 324 g/mol. The Morgan fingerprint density at radius 1 is 1.10 bits per heavy atom. The van der Waals surface area contributed by atoms with Gasteiger partial charge in [-0.25, -0.2) is 4.39 Å². The Hall–Kier alpha value is -1.55. The van der Waals surface area contributed by atoms with Crippen LogP contribution < -0.4 is 0 Å². The lowest BCUT2D eigenvalue weighted by Crippen LogP contribution is -2.03. The van der Waals surface area contributed by atoms with Gasteiger partial charge in [0.1, 0.15) is 17.7 Å². The second kappa shape index (κ2) is 5.68. The maximum atomic E-state index is 13.7. The highest BCUT2D eigenvalue weighted by atomic mass is 35.5. The molecule has 5 heteroatoms. The van der Waals surface area contributed by atoms with Crippen molar-refractivity contribution in [3.8, 4) is 0 Å². The normalized spacial score (nSPS) is 12.8. The smallest absolute Gasteiger partial charge is 0.152 e. The lowest BCUT2D eigenvalue weighted by molar-refractivity contribution is 0.151. The Kier molecular flexibility index (Phi) is 3.89. The molecule has 0 aliphatic heterocycles. The summed E-state index contributed by atoms with van der Waals surface area (Å²) in [6, 6.07) is 11.4. The van der Waals surface area contributed by atoms with E-state index in [0.717, 1.165) is 5.39 Å². The van der Waals surface area contributed by atoms with Gasteiger partial charge in [0, 0.05) is 22.4 Å². The molecule has 0 aliphatic carbocycles. The maximum Gasteiger partial charge on any atom is 0.152 e. The van der Waals surface area contributed by atoms with Crippen LogP contribution in [0.3, 0.4) is 0 Å². The van der Waals surface area contributed by atoms with E-state index in [4.69, 9.17) is 27.6 Å². The van der Waals surface area contributed by atoms with Crippen LogP contribution in [0.4, 0.5) is 4.39 Å². The first kappa shape index (κ1) is 14.4. The summed E-state index contributed by atoms with van der Waals surface area (Å²) in [4.78, 5) is 0. The van der Waals surface area contributed by atoms with Gasteiger partial charge in [0.2, 0.25) is 0 Å². The van der Waals surface area contributed by atoms with E-state index < -0.39 is 11.9 Å². The van der Waals surface area contributed by atoms with Crippen molar-refractivity contribution < 1.29 is 13.9 Å². The lowest BCUT2D eigenvalue weighted by Gasteiger charge is -2.10. The summed E-state index contributed by atoms with van der Waals surface area (Å²) in [5.41, 5.74) is 0.770. The van der Waals surface area contributed by atoms with Crippen LogP contribution in [-0.2, 0) is 6.42 Å². The minimum atomic E-state index is -0.997. The molecular weight excluding hydrogens is 314 g/mol. The number of aliphatic hydroxyl groups excluding tert-OH is 1. The van der Waals surface area contributed by atoms with E-state index in [1.54, 1.807) is 24.3 Å². The van der Waals surface area contributed by atoms with Crippen LogP contribution in [0, 0.1) is 5.82 Å². The molecule has 2 aromatic carbocycles. The molecule has 0 fully saturated rings. The molecule has 1 atom stereocenters. The van der Waals surface area contributed by atoms with E-state index in [1.807, 2.05) is 6.07 Å². The van der Waals surface area contributed by atoms with Crippen LogP contribution in [-0.4, -0.2) is 5.11 Å². The Morgan fingerprint density at radius 3 is 2.52 bits per heavy atom. The number of fused-ring (bicyclic) bond motifs is 1. The summed E-state index contributed by atoms with van der Waals surface area (Å²) >= 11 is 12.0. The maximum absolute atomic E-state index is 13.7. The first-order valence-corrected chi connectivity index (χ1v) is 7.11. The fraction of sp³-hybridized carbons (Fsp3) is 0.125. The number of hydrogen-bond donors (Lipinski definition) is 1. The van der Waals surface area contributed by atoms with Gasteiger partial charge in [-0.3, -0.25) is 0 Å². The fourth-order valence-electron chi connectivity index (χ4n) is 2.23. The van der Waals surface area contributed by atoms with E-state index in [1.165, 1.54) is 12.1 Å². The van der Waals surface area contributed by atoms with E-state index >= 15 is 0 Å². The number of aliphatic hydroxyl groups is 1. The molecule has 1 heterocycles. The third kappa shape index (κ3) is 2.77. The highest BCUT2D eigenvalue weighted by molar-refractivity contribution is 6.34. The highest BCUT2D eigenvalue weighted by Crippen LogP contribution is 2.32. The molecule has 0 saturated heterocycles. The largest absolute Gasteiger partial charge is 0.457 e. The number of halogens is 3. The van der Waals surface area contributed by atoms with Gasteiger partial charge >= 0.3 is 0 Å². The van der Waals surface area contributed by atoms with E-state index in [9.17, 15) is 9.50 Å². The number of benzene rings is 2. The second-order valence-corrected chi connectivity index (χ2v) is 5.54. The minimum absolute atomic E-state index is 0.0307. The first-order chi connectivity index (χ1) is 10.1. The average molecular weight is 325 g/mol. The van der Waals surface area contributed by atoms with Crippen molar-refractivity contribution in [3.63, 3.8) is 0 Å². The summed E-state index contributed by atoms with van der Waals surface area (Å²) in [5.74, 6) is -0.117. The zero-order valence-electron chi connectivity index (χ0n) is 10.8. The molecule has 1 unspecified atom stereocenters. The van der Waals surface area contributed by atoms with Crippen molar-refractivity contribution in [2.75, 3.05) is 0 Å². The molecule has 21 heavy (non-hydrogen) atoms. The molecule has 0 radical (unpaired) electrons. The summed E-state index contributed by atoms with van der Waals surface area (Å²) in [6.07, 6.45) is -0.967. The SMILES string of the molecule is OC(Cc1c(F)cccc1Cl)c1cc2cccc(Cl)c2o1. The predicted octanol–water partition coefficient (Wildman–Crippen LogP) is 5.15. The van der Waals surface area contributed by atoms with Gasteiger partial charge in [-0.05, 0) is 24.3 Å². The molecule has 0 amide bonds. The molecule has 0 spiro atoms. The Balaban J connectivity index is 1.94. The standard InChI is InChI=1S/C16H11Cl2FO2/c17-11-4-2-6-13(19)10(11)8-14(20)15-7-9-3-1-5-12(18)16(9)21-15/h1-7,14,20H,8H2. The van der Waals surface area contributed by atoms with Gasteiger partial charge in [-0.1, -0.05) is 41.4 Å². The van der Waals surface area contributed by atoms with Gasteiger partial charge in [0.05, 0.1) is 5.02 Å². The van der Waals surface area contributed by atoms with E-state index in [-0.39, 0.29) is 17.0 Å². The molecule has 1 aromatic heterocycles. The topological polar surface area (TPSA) is 33.4 Å². The van der Waals surface area contributed by atoms with Gasteiger partial charge in [0.25, 0.3) is 0 Å². The van der Waals surface area contributed by atoms with Gasteiger partial charge in [-0.2, -0.15) is 0 Å².